The van der Waals surface area contributed by atoms with Gasteiger partial charge in [-0.1, -0.05) is 37.6 Å². The van der Waals surface area contributed by atoms with Gasteiger partial charge < -0.3 is 4.42 Å². The SMILES string of the molecule is CC[n+]1c(C=C2C=C(C)CC(C)(C)C2)sc2oc3ccccc3c21. The predicted octanol–water partition coefficient (Wildman–Crippen LogP) is 6.10. The van der Waals surface area contributed by atoms with Gasteiger partial charge in [0.15, 0.2) is 0 Å². The molecule has 2 nitrogen and oxygen atoms in total. The molecule has 0 spiro atoms. The highest BCUT2D eigenvalue weighted by Crippen LogP contribution is 2.39. The van der Waals surface area contributed by atoms with Crippen LogP contribution < -0.4 is 4.57 Å². The van der Waals surface area contributed by atoms with E-state index in [2.05, 4.69) is 62.6 Å². The summed E-state index contributed by atoms with van der Waals surface area (Å²) < 4.78 is 8.47. The molecule has 0 atom stereocenters. The maximum Gasteiger partial charge on any atom is 0.271 e. The van der Waals surface area contributed by atoms with E-state index >= 15 is 0 Å². The minimum atomic E-state index is 0.352. The molecule has 1 aliphatic carbocycles. The molecule has 0 unspecified atom stereocenters. The second kappa shape index (κ2) is 5.59. The van der Waals surface area contributed by atoms with E-state index in [4.69, 9.17) is 4.42 Å². The fourth-order valence-electron chi connectivity index (χ4n) is 4.06. The molecule has 2 heterocycles. The van der Waals surface area contributed by atoms with Gasteiger partial charge in [0, 0.05) is 6.08 Å². The van der Waals surface area contributed by atoms with E-state index in [0.717, 1.165) is 23.4 Å². The van der Waals surface area contributed by atoms with Gasteiger partial charge in [-0.2, -0.15) is 4.57 Å². The minimum Gasteiger partial charge on any atom is -0.439 e. The molecule has 1 aliphatic rings. The first-order chi connectivity index (χ1) is 11.5. The van der Waals surface area contributed by atoms with Gasteiger partial charge >= 0.3 is 0 Å². The summed E-state index contributed by atoms with van der Waals surface area (Å²) in [4.78, 5) is 1.03. The minimum absolute atomic E-state index is 0.352. The number of fused-ring (bicyclic) bond motifs is 3. The van der Waals surface area contributed by atoms with Crippen molar-refractivity contribution in [3.63, 3.8) is 0 Å². The Hall–Kier alpha value is -1.87. The summed E-state index contributed by atoms with van der Waals surface area (Å²) in [6, 6.07) is 8.33. The Morgan fingerprint density at radius 2 is 2.04 bits per heavy atom. The number of hydrogen-bond acceptors (Lipinski definition) is 2. The standard InChI is InChI=1S/C21H24NOS/c1-5-22-18(11-15-10-14(2)12-21(3,4)13-15)24-20-19(22)16-8-6-7-9-17(16)23-20/h6-11H,5,12-13H2,1-4H3/q+1. The van der Waals surface area contributed by atoms with Gasteiger partial charge in [0.25, 0.3) is 15.4 Å². The van der Waals surface area contributed by atoms with Crippen LogP contribution in [0.15, 0.2) is 45.9 Å². The predicted molar refractivity (Wildman–Crippen MR) is 102 cm³/mol. The maximum absolute atomic E-state index is 6.08. The zero-order valence-electron chi connectivity index (χ0n) is 14.8. The van der Waals surface area contributed by atoms with Crippen molar-refractivity contribution in [3.8, 4) is 0 Å². The Morgan fingerprint density at radius 1 is 1.25 bits per heavy atom. The molecule has 0 amide bonds. The number of aryl methyl sites for hydroxylation is 1. The Kier molecular flexibility index (Phi) is 3.65. The Balaban J connectivity index is 1.88. The molecule has 0 N–H and O–H groups in total. The smallest absolute Gasteiger partial charge is 0.271 e. The molecule has 0 aliphatic heterocycles. The van der Waals surface area contributed by atoms with Gasteiger partial charge in [-0.15, -0.1) is 0 Å². The van der Waals surface area contributed by atoms with E-state index in [1.807, 2.05) is 6.07 Å². The van der Waals surface area contributed by atoms with Gasteiger partial charge in [0.2, 0.25) is 0 Å². The van der Waals surface area contributed by atoms with Crippen molar-refractivity contribution >= 4 is 38.8 Å². The van der Waals surface area contributed by atoms with Crippen LogP contribution >= 0.6 is 11.3 Å². The zero-order chi connectivity index (χ0) is 16.9. The Bertz CT molecular complexity index is 984. The average molecular weight is 338 g/mol. The third-order valence-corrected chi connectivity index (χ3v) is 5.78. The van der Waals surface area contributed by atoms with Crippen molar-refractivity contribution in [2.45, 2.75) is 47.1 Å². The maximum atomic E-state index is 6.08. The van der Waals surface area contributed by atoms with Gasteiger partial charge in [-0.05, 0) is 61.1 Å². The van der Waals surface area contributed by atoms with Crippen LogP contribution in [0.1, 0.15) is 45.5 Å². The van der Waals surface area contributed by atoms with E-state index in [1.165, 1.54) is 33.5 Å². The largest absolute Gasteiger partial charge is 0.439 e. The topological polar surface area (TPSA) is 17.0 Å². The highest BCUT2D eigenvalue weighted by molar-refractivity contribution is 7.18. The molecule has 0 saturated carbocycles. The first-order valence-electron chi connectivity index (χ1n) is 8.68. The average Bonchev–Trinajstić information content (AvgIpc) is 3.00. The van der Waals surface area contributed by atoms with Crippen molar-refractivity contribution < 1.29 is 8.98 Å². The monoisotopic (exact) mass is 338 g/mol. The van der Waals surface area contributed by atoms with Crippen LogP contribution in [0.3, 0.4) is 0 Å². The van der Waals surface area contributed by atoms with Gasteiger partial charge in [-0.25, -0.2) is 0 Å². The van der Waals surface area contributed by atoms with Gasteiger partial charge in [-0.3, -0.25) is 0 Å². The highest BCUT2D eigenvalue weighted by Gasteiger charge is 2.27. The first-order valence-corrected chi connectivity index (χ1v) is 9.50. The second-order valence-electron chi connectivity index (χ2n) is 7.65. The first kappa shape index (κ1) is 15.6. The number of furan rings is 1. The molecule has 2 aromatic heterocycles. The second-order valence-corrected chi connectivity index (χ2v) is 8.64. The zero-order valence-corrected chi connectivity index (χ0v) is 15.7. The number of benzene rings is 1. The molecule has 3 aromatic rings. The lowest BCUT2D eigenvalue weighted by molar-refractivity contribution is -0.664. The molecule has 0 fully saturated rings. The third kappa shape index (κ3) is 2.61. The summed E-state index contributed by atoms with van der Waals surface area (Å²) in [5.41, 5.74) is 5.48. The van der Waals surface area contributed by atoms with Gasteiger partial charge in [0.1, 0.15) is 12.1 Å². The molecule has 4 rings (SSSR count). The molecule has 124 valence electrons. The van der Waals surface area contributed by atoms with Crippen molar-refractivity contribution in [2.24, 2.45) is 5.41 Å². The number of thiazole rings is 1. The lowest BCUT2D eigenvalue weighted by atomic mass is 9.75. The molecule has 24 heavy (non-hydrogen) atoms. The van der Waals surface area contributed by atoms with Crippen LogP contribution in [0.5, 0.6) is 0 Å². The fraction of sp³-hybridized carbons (Fsp3) is 0.381. The number of allylic oxidation sites excluding steroid dienone is 3. The summed E-state index contributed by atoms with van der Waals surface area (Å²) in [6.45, 7) is 10.1. The summed E-state index contributed by atoms with van der Waals surface area (Å²) in [5.74, 6) is 0. The summed E-state index contributed by atoms with van der Waals surface area (Å²) >= 11 is 1.76. The van der Waals surface area contributed by atoms with E-state index in [9.17, 15) is 0 Å². The number of rotatable bonds is 2. The molecule has 0 bridgehead atoms. The number of aromatic nitrogens is 1. The van der Waals surface area contributed by atoms with Crippen molar-refractivity contribution in [1.29, 1.82) is 0 Å². The molecular weight excluding hydrogens is 314 g/mol. The van der Waals surface area contributed by atoms with Crippen LogP contribution in [-0.4, -0.2) is 0 Å². The normalized spacial score (nSPS) is 19.3. The van der Waals surface area contributed by atoms with E-state index in [0.29, 0.717) is 5.41 Å². The van der Waals surface area contributed by atoms with Crippen LogP contribution in [0.4, 0.5) is 0 Å². The Labute approximate surface area is 147 Å². The number of hydrogen-bond donors (Lipinski definition) is 0. The quantitative estimate of drug-likeness (QED) is 0.516. The van der Waals surface area contributed by atoms with Crippen LogP contribution in [0.2, 0.25) is 0 Å². The molecule has 0 saturated heterocycles. The number of para-hydroxylation sites is 1. The third-order valence-electron chi connectivity index (χ3n) is 4.77. The number of nitrogens with zero attached hydrogens (tertiary/aromatic N) is 1. The van der Waals surface area contributed by atoms with E-state index in [1.54, 1.807) is 11.3 Å². The van der Waals surface area contributed by atoms with Crippen LogP contribution in [0.25, 0.3) is 27.5 Å². The van der Waals surface area contributed by atoms with E-state index < -0.39 is 0 Å². The van der Waals surface area contributed by atoms with Crippen molar-refractivity contribution in [3.05, 3.63) is 46.5 Å². The van der Waals surface area contributed by atoms with Crippen molar-refractivity contribution in [1.82, 2.24) is 0 Å². The van der Waals surface area contributed by atoms with E-state index in [-0.39, 0.29) is 0 Å². The summed E-state index contributed by atoms with van der Waals surface area (Å²) in [7, 11) is 0. The van der Waals surface area contributed by atoms with Crippen LogP contribution in [0, 0.1) is 5.41 Å². The molecule has 0 radical (unpaired) electrons. The lowest BCUT2D eigenvalue weighted by Crippen LogP contribution is -2.33. The summed E-state index contributed by atoms with van der Waals surface area (Å²) in [5, 5.41) is 2.50. The fourth-order valence-corrected chi connectivity index (χ4v) is 5.23. The van der Waals surface area contributed by atoms with Crippen molar-refractivity contribution in [2.75, 3.05) is 0 Å². The highest BCUT2D eigenvalue weighted by atomic mass is 32.1. The Morgan fingerprint density at radius 3 is 2.79 bits per heavy atom. The van der Waals surface area contributed by atoms with Crippen LogP contribution in [-0.2, 0) is 6.54 Å². The summed E-state index contributed by atoms with van der Waals surface area (Å²) in [6.07, 6.45) is 7.05. The molecule has 3 heteroatoms. The molecular formula is C21H24NOS+. The van der Waals surface area contributed by atoms with Gasteiger partial charge in [0.05, 0.1) is 5.39 Å². The lowest BCUT2D eigenvalue weighted by Gasteiger charge is -2.29. The molecule has 1 aromatic carbocycles.